The molecule has 216 valence electrons. The van der Waals surface area contributed by atoms with E-state index in [1.54, 1.807) is 16.8 Å². The number of aliphatic hydroxyl groups is 1. The normalized spacial score (nSPS) is 29.1. The molecule has 0 saturated heterocycles. The maximum atomic E-state index is 13.9. The van der Waals surface area contributed by atoms with E-state index in [9.17, 15) is 39.0 Å². The Bertz CT molecular complexity index is 1510. The Morgan fingerprint density at radius 1 is 1.15 bits per heavy atom. The van der Waals surface area contributed by atoms with Crippen LogP contribution in [0.25, 0.3) is 0 Å². The quantitative estimate of drug-likeness (QED) is 0.274. The zero-order valence-corrected chi connectivity index (χ0v) is 22.9. The van der Waals surface area contributed by atoms with Crippen molar-refractivity contribution in [3.63, 3.8) is 0 Å². The number of amides is 2. The van der Waals surface area contributed by atoms with Crippen molar-refractivity contribution in [1.29, 1.82) is 0 Å². The zero-order chi connectivity index (χ0) is 30.0. The third-order valence-corrected chi connectivity index (χ3v) is 8.75. The molecule has 3 aliphatic rings. The number of phenolic OH excluding ortho intramolecular Hbond substituents is 1. The molecule has 12 nitrogen and oxygen atoms in total. The van der Waals surface area contributed by atoms with Gasteiger partial charge in [-0.15, -0.1) is 0 Å². The number of benzene rings is 1. The first-order chi connectivity index (χ1) is 19.3. The number of phenols is 1. The van der Waals surface area contributed by atoms with Gasteiger partial charge < -0.3 is 25.8 Å². The number of aromatic hydroxyl groups is 1. The highest BCUT2D eigenvalue weighted by molar-refractivity contribution is 6.32. The number of rotatable bonds is 6. The van der Waals surface area contributed by atoms with Gasteiger partial charge in [-0.3, -0.25) is 33.7 Å². The minimum absolute atomic E-state index is 0.0240. The van der Waals surface area contributed by atoms with Crippen LogP contribution in [0, 0.1) is 23.7 Å². The molecule has 2 fully saturated rings. The van der Waals surface area contributed by atoms with Gasteiger partial charge in [0, 0.05) is 18.3 Å². The fourth-order valence-electron chi connectivity index (χ4n) is 6.84. The van der Waals surface area contributed by atoms with Crippen LogP contribution in [0.15, 0.2) is 30.6 Å². The van der Waals surface area contributed by atoms with Gasteiger partial charge in [0.15, 0.2) is 34.7 Å². The lowest BCUT2D eigenvalue weighted by molar-refractivity contribution is -0.181. The monoisotopic (exact) mass is 564 g/mol. The fraction of sp³-hybridized carbons (Fsp3) is 0.448. The lowest BCUT2D eigenvalue weighted by Gasteiger charge is -2.52. The Hall–Kier alpha value is -4.16. The Balaban J connectivity index is 1.48. The number of nitrogens with zero attached hydrogens (tertiary/aromatic N) is 2. The van der Waals surface area contributed by atoms with Gasteiger partial charge in [0.05, 0.1) is 23.2 Å². The van der Waals surface area contributed by atoms with E-state index in [1.807, 2.05) is 19.2 Å². The summed E-state index contributed by atoms with van der Waals surface area (Å²) in [6, 6.07) is 3.79. The van der Waals surface area contributed by atoms with Crippen molar-refractivity contribution in [1.82, 2.24) is 9.47 Å². The summed E-state index contributed by atoms with van der Waals surface area (Å²) in [6.07, 6.45) is 4.51. The number of nitrogens with two attached hydrogens (primary N) is 1. The van der Waals surface area contributed by atoms with Gasteiger partial charge in [-0.05, 0) is 62.5 Å². The van der Waals surface area contributed by atoms with E-state index in [1.165, 1.54) is 25.1 Å². The molecule has 2 aromatic rings. The van der Waals surface area contributed by atoms with Crippen LogP contribution < -0.4 is 11.1 Å². The van der Waals surface area contributed by atoms with Gasteiger partial charge in [0.2, 0.25) is 11.8 Å². The fourth-order valence-corrected chi connectivity index (χ4v) is 6.84. The lowest BCUT2D eigenvalue weighted by Crippen LogP contribution is -2.74. The summed E-state index contributed by atoms with van der Waals surface area (Å²) in [5.41, 5.74) is 3.84. The molecule has 1 aromatic carbocycles. The van der Waals surface area contributed by atoms with Gasteiger partial charge in [-0.2, -0.15) is 0 Å². The topological polar surface area (TPSA) is 189 Å². The number of likely N-dealkylation sites (N-methyl/N-ethyl adjacent to an activating group) is 1. The minimum atomic E-state index is -2.79. The van der Waals surface area contributed by atoms with Gasteiger partial charge >= 0.3 is 0 Å². The molecule has 0 radical (unpaired) electrons. The van der Waals surface area contributed by atoms with Gasteiger partial charge in [0.1, 0.15) is 12.3 Å². The van der Waals surface area contributed by atoms with Crippen molar-refractivity contribution in [3.05, 3.63) is 47.3 Å². The van der Waals surface area contributed by atoms with Crippen LogP contribution in [0.1, 0.15) is 34.8 Å². The number of ketones is 4. The zero-order valence-electron chi connectivity index (χ0n) is 22.9. The number of aromatic nitrogens is 1. The number of hydrogen-bond acceptors (Lipinski definition) is 9. The Labute approximate surface area is 235 Å². The van der Waals surface area contributed by atoms with Crippen LogP contribution in [0.4, 0.5) is 5.69 Å². The van der Waals surface area contributed by atoms with Crippen LogP contribution >= 0.6 is 0 Å². The van der Waals surface area contributed by atoms with E-state index in [-0.39, 0.29) is 30.6 Å². The van der Waals surface area contributed by atoms with Crippen molar-refractivity contribution in [2.24, 2.45) is 29.4 Å². The van der Waals surface area contributed by atoms with E-state index in [0.29, 0.717) is 5.56 Å². The first kappa shape index (κ1) is 28.4. The highest BCUT2D eigenvalue weighted by atomic mass is 16.3. The van der Waals surface area contributed by atoms with Gasteiger partial charge in [-0.1, -0.05) is 13.0 Å². The summed E-state index contributed by atoms with van der Waals surface area (Å²) in [7, 11) is 3.06. The molecule has 6 atom stereocenters. The molecule has 2 amide bonds. The molecule has 5 rings (SSSR count). The molecular formula is C29H32N4O8. The van der Waals surface area contributed by atoms with E-state index in [2.05, 4.69) is 5.32 Å². The summed E-state index contributed by atoms with van der Waals surface area (Å²) >= 11 is 0. The predicted molar refractivity (Wildman–Crippen MR) is 144 cm³/mol. The number of fused-ring (bicyclic) bond motifs is 3. The summed E-state index contributed by atoms with van der Waals surface area (Å²) in [5.74, 6) is -11.7. The maximum absolute atomic E-state index is 13.9. The third kappa shape index (κ3) is 4.29. The van der Waals surface area contributed by atoms with E-state index in [0.717, 1.165) is 12.0 Å². The highest BCUT2D eigenvalue weighted by Crippen LogP contribution is 2.51. The highest BCUT2D eigenvalue weighted by Gasteiger charge is 2.69. The summed E-state index contributed by atoms with van der Waals surface area (Å²) in [5, 5.41) is 25.3. The number of aryl methyl sites for hydroxylation is 1. The molecule has 2 saturated carbocycles. The first-order valence-electron chi connectivity index (χ1n) is 13.4. The second-order valence-corrected chi connectivity index (χ2v) is 11.4. The molecule has 4 unspecified atom stereocenters. The van der Waals surface area contributed by atoms with Gasteiger partial charge in [-0.25, -0.2) is 0 Å². The molecule has 0 aliphatic heterocycles. The molecular weight excluding hydrogens is 532 g/mol. The molecule has 1 aromatic heterocycles. The number of carbonyl (C=O) groups is 6. The second-order valence-electron chi connectivity index (χ2n) is 11.4. The van der Waals surface area contributed by atoms with E-state index in [4.69, 9.17) is 5.73 Å². The molecule has 0 spiro atoms. The van der Waals surface area contributed by atoms with Crippen molar-refractivity contribution >= 4 is 40.6 Å². The van der Waals surface area contributed by atoms with Crippen molar-refractivity contribution in [2.45, 2.75) is 44.4 Å². The standard InChI is InChI=1S/C29H32N4O8/c1-4-13-7-8-33(11-13)12-18(34)31-17-6-5-14-9-15-10-16-22(32(2)3)25(37)21(28(30)40)27(39)29(16,41)26(38)20(15)24(36)19(14)23(17)35/h5-8,11,15-16,20-22,35,41H,4,9-10,12H2,1-3H3,(H2,30,40)(H,31,34)/t15?,16?,20?,21?,22-,29-/m0/s1. The number of Topliss-reactive ketones (excluding diaryl/α,β-unsaturated/α-hetero) is 4. The maximum Gasteiger partial charge on any atom is 0.244 e. The average molecular weight is 565 g/mol. The van der Waals surface area contributed by atoms with Crippen LogP contribution in [-0.2, 0) is 43.4 Å². The Morgan fingerprint density at radius 3 is 2.46 bits per heavy atom. The minimum Gasteiger partial charge on any atom is -0.505 e. The smallest absolute Gasteiger partial charge is 0.244 e. The molecule has 12 heteroatoms. The van der Waals surface area contributed by atoms with E-state index >= 15 is 0 Å². The number of carbonyl (C=O) groups excluding carboxylic acids is 6. The first-order valence-corrected chi connectivity index (χ1v) is 13.4. The van der Waals surface area contributed by atoms with Crippen LogP contribution in [0.2, 0.25) is 0 Å². The number of hydrogen-bond donors (Lipinski definition) is 4. The van der Waals surface area contributed by atoms with E-state index < -0.39 is 76.0 Å². The average Bonchev–Trinajstić information content (AvgIpc) is 3.34. The van der Waals surface area contributed by atoms with Crippen molar-refractivity contribution in [3.8, 4) is 5.75 Å². The van der Waals surface area contributed by atoms with Gasteiger partial charge in [0.25, 0.3) is 0 Å². The summed E-state index contributed by atoms with van der Waals surface area (Å²) in [6.45, 7) is 1.96. The Morgan fingerprint density at radius 2 is 1.85 bits per heavy atom. The second kappa shape index (κ2) is 10.0. The van der Waals surface area contributed by atoms with Crippen molar-refractivity contribution < 1.29 is 39.0 Å². The van der Waals surface area contributed by atoms with Crippen molar-refractivity contribution in [2.75, 3.05) is 19.4 Å². The summed E-state index contributed by atoms with van der Waals surface area (Å²) < 4.78 is 1.68. The molecule has 0 bridgehead atoms. The molecule has 3 aliphatic carbocycles. The largest absolute Gasteiger partial charge is 0.505 e. The third-order valence-electron chi connectivity index (χ3n) is 8.75. The Kier molecular flexibility index (Phi) is 6.94. The van der Waals surface area contributed by atoms with Crippen LogP contribution in [0.3, 0.4) is 0 Å². The van der Waals surface area contributed by atoms with Crippen LogP contribution in [-0.4, -0.2) is 80.4 Å². The lowest BCUT2D eigenvalue weighted by atomic mass is 9.52. The molecule has 1 heterocycles. The predicted octanol–water partition coefficient (Wildman–Crippen LogP) is -0.130. The number of nitrogens with one attached hydrogen (secondary N) is 1. The summed E-state index contributed by atoms with van der Waals surface area (Å²) in [4.78, 5) is 80.3. The molecule has 5 N–H and O–H groups in total. The number of primary amides is 1. The van der Waals surface area contributed by atoms with Crippen LogP contribution in [0.5, 0.6) is 5.75 Å². The number of anilines is 1. The molecule has 41 heavy (non-hydrogen) atoms. The SMILES string of the molecule is CCc1ccn(CC(=O)Nc2ccc3c(c2O)C(=O)C2C(=O)[C@]4(O)C(=O)C(C(N)=O)C(=O)[C@@H](N(C)C)C4CC2C3)c1.